The summed E-state index contributed by atoms with van der Waals surface area (Å²) in [6.45, 7) is 6.87. The second-order valence-electron chi connectivity index (χ2n) is 4.18. The first-order chi connectivity index (χ1) is 6.25. The Labute approximate surface area is 84.3 Å². The molecule has 1 unspecified atom stereocenters. The van der Waals surface area contributed by atoms with Crippen LogP contribution in [0.25, 0.3) is 0 Å². The van der Waals surface area contributed by atoms with Gasteiger partial charge in [-0.1, -0.05) is 61.2 Å². The number of allylic oxidation sites excluding steroid dienone is 3. The third kappa shape index (κ3) is 3.15. The normalized spacial score (nSPS) is 21.6. The average Bonchev–Trinajstić information content (AvgIpc) is 2.43. The summed E-state index contributed by atoms with van der Waals surface area (Å²) >= 11 is 0. The fourth-order valence-corrected chi connectivity index (χ4v) is 4.78. The zero-order chi connectivity index (χ0) is 9.68. The highest BCUT2D eigenvalue weighted by Crippen LogP contribution is 2.21. The predicted octanol–water partition coefficient (Wildman–Crippen LogP) is 3.78. The van der Waals surface area contributed by atoms with Gasteiger partial charge >= 0.3 is 0 Å². The molecule has 0 aromatic carbocycles. The van der Waals surface area contributed by atoms with Gasteiger partial charge in [0.1, 0.15) is 0 Å². The van der Waals surface area contributed by atoms with E-state index in [1.807, 2.05) is 0 Å². The van der Waals surface area contributed by atoms with Crippen molar-refractivity contribution in [2.24, 2.45) is 0 Å². The maximum absolute atomic E-state index is 2.51. The monoisotopic (exact) mass is 194 g/mol. The Bertz CT molecular complexity index is 213. The molecule has 1 aliphatic heterocycles. The number of hydrogen-bond donors (Lipinski definition) is 0. The van der Waals surface area contributed by atoms with Crippen LogP contribution in [0.4, 0.5) is 0 Å². The van der Waals surface area contributed by atoms with E-state index in [1.165, 1.54) is 31.7 Å². The molecule has 0 saturated heterocycles. The Kier molecular flexibility index (Phi) is 4.50. The molecule has 0 nitrogen and oxygen atoms in total. The highest BCUT2D eigenvalue weighted by molar-refractivity contribution is 6.72. The van der Waals surface area contributed by atoms with Crippen LogP contribution in [0.5, 0.6) is 0 Å². The highest BCUT2D eigenvalue weighted by Gasteiger charge is 2.14. The van der Waals surface area contributed by atoms with Gasteiger partial charge < -0.3 is 0 Å². The van der Waals surface area contributed by atoms with Crippen LogP contribution in [0.3, 0.4) is 0 Å². The van der Waals surface area contributed by atoms with Crippen molar-refractivity contribution in [1.82, 2.24) is 0 Å². The van der Waals surface area contributed by atoms with Crippen molar-refractivity contribution in [3.05, 3.63) is 22.5 Å². The lowest BCUT2D eigenvalue weighted by molar-refractivity contribution is 0.699. The van der Waals surface area contributed by atoms with Gasteiger partial charge in [0.2, 0.25) is 0 Å². The number of unbranched alkanes of at least 4 members (excludes halogenated alkanes) is 3. The Morgan fingerprint density at radius 2 is 1.92 bits per heavy atom. The molecule has 0 aliphatic carbocycles. The molecule has 0 amide bonds. The summed E-state index contributed by atoms with van der Waals surface area (Å²) in [4.78, 5) is 0. The lowest BCUT2D eigenvalue weighted by Crippen LogP contribution is -2.08. The molecule has 0 bridgehead atoms. The summed E-state index contributed by atoms with van der Waals surface area (Å²) < 4.78 is 0. The van der Waals surface area contributed by atoms with E-state index < -0.39 is 8.80 Å². The Morgan fingerprint density at radius 3 is 2.46 bits per heavy atom. The lowest BCUT2D eigenvalue weighted by atomic mass is 10.2. The first kappa shape index (κ1) is 10.8. The van der Waals surface area contributed by atoms with Crippen LogP contribution in [0, 0.1) is 0 Å². The number of hydrogen-bond acceptors (Lipinski definition) is 0. The molecule has 74 valence electrons. The maximum atomic E-state index is 2.51. The smallest absolute Gasteiger partial charge is 0.0888 e. The van der Waals surface area contributed by atoms with Crippen molar-refractivity contribution in [3.63, 3.8) is 0 Å². The molecule has 0 aromatic rings. The van der Waals surface area contributed by atoms with Crippen LogP contribution < -0.4 is 0 Å². The Balaban J connectivity index is 2.20. The van der Waals surface area contributed by atoms with Gasteiger partial charge in [0.25, 0.3) is 0 Å². The SMILES string of the molecule is CCCCCC[SiH]1C=CC(C)=C1C. The molecular weight excluding hydrogens is 172 g/mol. The summed E-state index contributed by atoms with van der Waals surface area (Å²) in [5, 5.41) is 1.73. The van der Waals surface area contributed by atoms with Gasteiger partial charge in [0.05, 0.1) is 8.80 Å². The molecule has 1 heteroatoms. The fraction of sp³-hybridized carbons (Fsp3) is 0.667. The van der Waals surface area contributed by atoms with Crippen molar-refractivity contribution >= 4 is 8.80 Å². The van der Waals surface area contributed by atoms with Gasteiger partial charge in [-0.3, -0.25) is 0 Å². The van der Waals surface area contributed by atoms with Crippen molar-refractivity contribution < 1.29 is 0 Å². The number of rotatable bonds is 5. The van der Waals surface area contributed by atoms with E-state index in [2.05, 4.69) is 32.5 Å². The molecule has 0 saturated carbocycles. The van der Waals surface area contributed by atoms with Crippen molar-refractivity contribution in [3.8, 4) is 0 Å². The largest absolute Gasteiger partial charge is 0.0930 e. The Hall–Kier alpha value is -0.303. The zero-order valence-electron chi connectivity index (χ0n) is 9.27. The minimum atomic E-state index is -0.577. The van der Waals surface area contributed by atoms with E-state index >= 15 is 0 Å². The molecule has 0 aromatic heterocycles. The molecule has 0 N–H and O–H groups in total. The van der Waals surface area contributed by atoms with E-state index in [0.29, 0.717) is 0 Å². The van der Waals surface area contributed by atoms with E-state index in [-0.39, 0.29) is 0 Å². The van der Waals surface area contributed by atoms with Crippen LogP contribution in [-0.4, -0.2) is 8.80 Å². The third-order valence-electron chi connectivity index (χ3n) is 3.13. The minimum Gasteiger partial charge on any atom is -0.0930 e. The molecule has 1 atom stereocenters. The molecule has 0 radical (unpaired) electrons. The third-order valence-corrected chi connectivity index (χ3v) is 6.38. The summed E-state index contributed by atoms with van der Waals surface area (Å²) in [5.41, 5.74) is 4.06. The van der Waals surface area contributed by atoms with Gasteiger partial charge in [0.15, 0.2) is 0 Å². The molecular formula is C12H22Si. The van der Waals surface area contributed by atoms with Crippen LogP contribution in [0.1, 0.15) is 46.5 Å². The van der Waals surface area contributed by atoms with Gasteiger partial charge in [0, 0.05) is 0 Å². The Morgan fingerprint density at radius 1 is 1.15 bits per heavy atom. The second-order valence-corrected chi connectivity index (χ2v) is 7.22. The van der Waals surface area contributed by atoms with E-state index in [9.17, 15) is 0 Å². The predicted molar refractivity (Wildman–Crippen MR) is 63.6 cm³/mol. The lowest BCUT2D eigenvalue weighted by Gasteiger charge is -2.08. The minimum absolute atomic E-state index is 0.577. The summed E-state index contributed by atoms with van der Waals surface area (Å²) in [6, 6.07) is 1.50. The van der Waals surface area contributed by atoms with Gasteiger partial charge in [-0.25, -0.2) is 0 Å². The van der Waals surface area contributed by atoms with Gasteiger partial charge in [-0.2, -0.15) is 0 Å². The summed E-state index contributed by atoms with van der Waals surface area (Å²) in [5.74, 6) is 0. The average molecular weight is 194 g/mol. The van der Waals surface area contributed by atoms with Crippen LogP contribution >= 0.6 is 0 Å². The summed E-state index contributed by atoms with van der Waals surface area (Å²) in [7, 11) is -0.577. The van der Waals surface area contributed by atoms with Crippen molar-refractivity contribution in [1.29, 1.82) is 0 Å². The molecule has 1 rings (SSSR count). The first-order valence-electron chi connectivity index (χ1n) is 5.61. The van der Waals surface area contributed by atoms with Crippen LogP contribution in [0.15, 0.2) is 22.5 Å². The highest BCUT2D eigenvalue weighted by atomic mass is 28.3. The first-order valence-corrected chi connectivity index (χ1v) is 7.67. The zero-order valence-corrected chi connectivity index (χ0v) is 10.4. The van der Waals surface area contributed by atoms with Crippen molar-refractivity contribution in [2.75, 3.05) is 0 Å². The second kappa shape index (κ2) is 5.43. The maximum Gasteiger partial charge on any atom is 0.0888 e. The fourth-order valence-electron chi connectivity index (χ4n) is 1.93. The molecule has 0 fully saturated rings. The molecule has 1 heterocycles. The van der Waals surface area contributed by atoms with Crippen molar-refractivity contribution in [2.45, 2.75) is 52.5 Å². The van der Waals surface area contributed by atoms with Gasteiger partial charge in [-0.15, -0.1) is 0 Å². The standard InChI is InChI=1S/C12H22Si/c1-4-5-6-7-9-13-10-8-11(2)12(13)3/h8,10,13H,4-7,9H2,1-3H3. The summed E-state index contributed by atoms with van der Waals surface area (Å²) in [6.07, 6.45) is 8.02. The van der Waals surface area contributed by atoms with Gasteiger partial charge in [-0.05, 0) is 13.8 Å². The molecule has 1 aliphatic rings. The quantitative estimate of drug-likeness (QED) is 0.461. The van der Waals surface area contributed by atoms with E-state index in [4.69, 9.17) is 0 Å². The van der Waals surface area contributed by atoms with Crippen LogP contribution in [0.2, 0.25) is 6.04 Å². The van der Waals surface area contributed by atoms with E-state index in [0.717, 1.165) is 0 Å². The molecule has 13 heavy (non-hydrogen) atoms. The molecule has 0 spiro atoms. The van der Waals surface area contributed by atoms with E-state index in [1.54, 1.807) is 10.8 Å². The van der Waals surface area contributed by atoms with Crippen LogP contribution in [-0.2, 0) is 0 Å². The topological polar surface area (TPSA) is 0 Å².